The van der Waals surface area contributed by atoms with Crippen molar-refractivity contribution < 1.29 is 4.92 Å². The molecule has 0 saturated carbocycles. The van der Waals surface area contributed by atoms with Crippen LogP contribution < -0.4 is 0 Å². The van der Waals surface area contributed by atoms with E-state index in [0.717, 1.165) is 6.20 Å². The van der Waals surface area contributed by atoms with Crippen LogP contribution in [-0.4, -0.2) is 16.9 Å². The van der Waals surface area contributed by atoms with Gasteiger partial charge in [-0.2, -0.15) is 11.8 Å². The van der Waals surface area contributed by atoms with Crippen LogP contribution in [0.25, 0.3) is 0 Å². The van der Waals surface area contributed by atoms with E-state index in [2.05, 4.69) is 0 Å². The van der Waals surface area contributed by atoms with Gasteiger partial charge in [0.2, 0.25) is 6.20 Å². The highest BCUT2D eigenvalue weighted by atomic mass is 32.2. The normalized spacial score (nSPS) is 10.1. The number of hydrogen-bond donors (Lipinski definition) is 0. The highest BCUT2D eigenvalue weighted by Gasteiger charge is 1.80. The maximum absolute atomic E-state index is 9.58. The highest BCUT2D eigenvalue weighted by Crippen LogP contribution is 1.90. The van der Waals surface area contributed by atoms with Crippen molar-refractivity contribution in [3.63, 3.8) is 0 Å². The SMILES string of the molecule is CSC/C=C/[N+](=O)[O-]. The Morgan fingerprint density at radius 2 is 2.50 bits per heavy atom. The number of rotatable bonds is 3. The van der Waals surface area contributed by atoms with Crippen LogP contribution in [0.5, 0.6) is 0 Å². The standard InChI is InChI=1S/C4H7NO2S/c1-8-4-2-3-5(6)7/h2-3H,4H2,1H3/b3-2+. The summed E-state index contributed by atoms with van der Waals surface area (Å²) in [6.07, 6.45) is 4.37. The molecule has 0 heterocycles. The van der Waals surface area contributed by atoms with Gasteiger partial charge in [0.05, 0.1) is 4.92 Å². The minimum Gasteiger partial charge on any atom is -0.259 e. The van der Waals surface area contributed by atoms with E-state index < -0.39 is 4.92 Å². The van der Waals surface area contributed by atoms with Gasteiger partial charge in [0.1, 0.15) is 0 Å². The summed E-state index contributed by atoms with van der Waals surface area (Å²) in [6.45, 7) is 0. The van der Waals surface area contributed by atoms with Crippen LogP contribution in [0.1, 0.15) is 0 Å². The third kappa shape index (κ3) is 5.49. The zero-order valence-electron chi connectivity index (χ0n) is 4.53. The zero-order valence-corrected chi connectivity index (χ0v) is 5.35. The molecule has 46 valence electrons. The molecule has 0 aromatic carbocycles. The summed E-state index contributed by atoms with van der Waals surface area (Å²) in [5.41, 5.74) is 0. The Bertz CT molecular complexity index is 102. The highest BCUT2D eigenvalue weighted by molar-refractivity contribution is 7.98. The molecule has 0 rings (SSSR count). The first-order valence-corrected chi connectivity index (χ1v) is 3.46. The Morgan fingerprint density at radius 3 is 2.88 bits per heavy atom. The molecule has 3 nitrogen and oxygen atoms in total. The number of thioether (sulfide) groups is 1. The molecule has 8 heavy (non-hydrogen) atoms. The first kappa shape index (κ1) is 7.49. The molecular formula is C4H7NO2S. The lowest BCUT2D eigenvalue weighted by Crippen LogP contribution is -1.82. The fraction of sp³-hybridized carbons (Fsp3) is 0.500. The molecule has 0 saturated heterocycles. The Balaban J connectivity index is 3.20. The Labute approximate surface area is 51.9 Å². The third-order valence-corrected chi connectivity index (χ3v) is 1.02. The molecule has 0 aromatic heterocycles. The Kier molecular flexibility index (Phi) is 4.35. The van der Waals surface area contributed by atoms with Gasteiger partial charge in [-0.15, -0.1) is 0 Å². The number of nitro groups is 1. The molecule has 0 aliphatic rings. The van der Waals surface area contributed by atoms with Crippen molar-refractivity contribution in [1.82, 2.24) is 0 Å². The second kappa shape index (κ2) is 4.64. The predicted octanol–water partition coefficient (Wildman–Crippen LogP) is 1.14. The van der Waals surface area contributed by atoms with E-state index >= 15 is 0 Å². The fourth-order valence-electron chi connectivity index (χ4n) is 0.225. The van der Waals surface area contributed by atoms with Gasteiger partial charge in [0.15, 0.2) is 0 Å². The van der Waals surface area contributed by atoms with Crippen LogP contribution in [0.4, 0.5) is 0 Å². The van der Waals surface area contributed by atoms with E-state index in [1.807, 2.05) is 6.26 Å². The maximum atomic E-state index is 9.58. The molecular weight excluding hydrogens is 126 g/mol. The number of nitrogens with zero attached hydrogens (tertiary/aromatic N) is 1. The first-order chi connectivity index (χ1) is 3.77. The molecule has 0 aliphatic carbocycles. The second-order valence-electron chi connectivity index (χ2n) is 1.13. The molecule has 0 N–H and O–H groups in total. The molecule has 4 heteroatoms. The molecule has 0 radical (unpaired) electrons. The van der Waals surface area contributed by atoms with Gasteiger partial charge < -0.3 is 0 Å². The van der Waals surface area contributed by atoms with Gasteiger partial charge in [0, 0.05) is 5.75 Å². The van der Waals surface area contributed by atoms with E-state index in [1.165, 1.54) is 6.08 Å². The average molecular weight is 133 g/mol. The summed E-state index contributed by atoms with van der Waals surface area (Å²) in [5, 5.41) is 9.58. The largest absolute Gasteiger partial charge is 0.259 e. The van der Waals surface area contributed by atoms with Crippen molar-refractivity contribution in [3.05, 3.63) is 22.4 Å². The smallest absolute Gasteiger partial charge is 0.231 e. The molecule has 0 atom stereocenters. The van der Waals surface area contributed by atoms with E-state index in [9.17, 15) is 10.1 Å². The molecule has 0 aliphatic heterocycles. The molecule has 0 unspecified atom stereocenters. The molecule has 0 amide bonds. The van der Waals surface area contributed by atoms with E-state index in [1.54, 1.807) is 11.8 Å². The topological polar surface area (TPSA) is 43.1 Å². The molecule has 0 bridgehead atoms. The van der Waals surface area contributed by atoms with E-state index in [-0.39, 0.29) is 0 Å². The summed E-state index contributed by atoms with van der Waals surface area (Å²) >= 11 is 1.55. The fourth-order valence-corrected chi connectivity index (χ4v) is 0.504. The van der Waals surface area contributed by atoms with Crippen LogP contribution in [0.15, 0.2) is 12.3 Å². The van der Waals surface area contributed by atoms with Gasteiger partial charge in [-0.05, 0) is 12.3 Å². The first-order valence-electron chi connectivity index (χ1n) is 2.06. The quantitative estimate of drug-likeness (QED) is 0.428. The minimum atomic E-state index is -0.462. The van der Waals surface area contributed by atoms with E-state index in [4.69, 9.17) is 0 Å². The van der Waals surface area contributed by atoms with Gasteiger partial charge in [-0.1, -0.05) is 0 Å². The van der Waals surface area contributed by atoms with Crippen molar-refractivity contribution >= 4 is 11.8 Å². The summed E-state index contributed by atoms with van der Waals surface area (Å²) < 4.78 is 0. The van der Waals surface area contributed by atoms with Crippen molar-refractivity contribution in [1.29, 1.82) is 0 Å². The lowest BCUT2D eigenvalue weighted by atomic mass is 10.7. The van der Waals surface area contributed by atoms with Crippen LogP contribution in [0.2, 0.25) is 0 Å². The van der Waals surface area contributed by atoms with Crippen molar-refractivity contribution in [2.45, 2.75) is 0 Å². The lowest BCUT2D eigenvalue weighted by Gasteiger charge is -1.78. The van der Waals surface area contributed by atoms with Crippen LogP contribution in [0.3, 0.4) is 0 Å². The average Bonchev–Trinajstić information content (AvgIpc) is 1.66. The Morgan fingerprint density at radius 1 is 1.88 bits per heavy atom. The monoisotopic (exact) mass is 133 g/mol. The summed E-state index contributed by atoms with van der Waals surface area (Å²) in [6, 6.07) is 0. The number of hydrogen-bond acceptors (Lipinski definition) is 3. The van der Waals surface area contributed by atoms with Crippen molar-refractivity contribution in [2.75, 3.05) is 12.0 Å². The summed E-state index contributed by atoms with van der Waals surface area (Å²) in [5.74, 6) is 0.709. The van der Waals surface area contributed by atoms with Gasteiger partial charge in [-0.3, -0.25) is 10.1 Å². The van der Waals surface area contributed by atoms with Crippen molar-refractivity contribution in [3.8, 4) is 0 Å². The Hall–Kier alpha value is -0.510. The summed E-state index contributed by atoms with van der Waals surface area (Å²) in [4.78, 5) is 9.12. The van der Waals surface area contributed by atoms with Gasteiger partial charge in [-0.25, -0.2) is 0 Å². The van der Waals surface area contributed by atoms with E-state index in [0.29, 0.717) is 5.75 Å². The maximum Gasteiger partial charge on any atom is 0.231 e. The van der Waals surface area contributed by atoms with Crippen LogP contribution >= 0.6 is 11.8 Å². The zero-order chi connectivity index (χ0) is 6.41. The van der Waals surface area contributed by atoms with Crippen LogP contribution in [0, 0.1) is 10.1 Å². The van der Waals surface area contributed by atoms with Crippen LogP contribution in [-0.2, 0) is 0 Å². The predicted molar refractivity (Wildman–Crippen MR) is 34.5 cm³/mol. The van der Waals surface area contributed by atoms with Crippen molar-refractivity contribution in [2.24, 2.45) is 0 Å². The second-order valence-corrected chi connectivity index (χ2v) is 2.04. The minimum absolute atomic E-state index is 0.462. The van der Waals surface area contributed by atoms with Gasteiger partial charge in [0.25, 0.3) is 0 Å². The third-order valence-electron chi connectivity index (χ3n) is 0.490. The lowest BCUT2D eigenvalue weighted by molar-refractivity contribution is -0.402. The van der Waals surface area contributed by atoms with Gasteiger partial charge >= 0.3 is 0 Å². The molecule has 0 spiro atoms. The molecule has 0 fully saturated rings. The molecule has 0 aromatic rings. The summed E-state index contributed by atoms with van der Waals surface area (Å²) in [7, 11) is 0.